The Morgan fingerprint density at radius 1 is 1.57 bits per heavy atom. The lowest BCUT2D eigenvalue weighted by Crippen LogP contribution is -2.28. The predicted octanol–water partition coefficient (Wildman–Crippen LogP) is 1.78. The number of rotatable bonds is 6. The number of hydrogen-bond donors (Lipinski definition) is 2. The maximum Gasteiger partial charge on any atom is 0.202 e. The third-order valence-electron chi connectivity index (χ3n) is 2.05. The van der Waals surface area contributed by atoms with Gasteiger partial charge in [0.1, 0.15) is 5.82 Å². The first-order valence-corrected chi connectivity index (χ1v) is 5.80. The molecular weight excluding hydrogens is 196 g/mol. The number of anilines is 1. The minimum Gasteiger partial charge on any atom is -0.356 e. The van der Waals surface area contributed by atoms with Crippen LogP contribution in [0.25, 0.3) is 0 Å². The maximum atomic E-state index is 5.66. The molecule has 14 heavy (non-hydrogen) atoms. The fourth-order valence-corrected chi connectivity index (χ4v) is 1.88. The summed E-state index contributed by atoms with van der Waals surface area (Å²) in [4.78, 5) is 4.25. The van der Waals surface area contributed by atoms with Crippen molar-refractivity contribution < 1.29 is 0 Å². The first kappa shape index (κ1) is 11.4. The highest BCUT2D eigenvalue weighted by atomic mass is 32.1. The summed E-state index contributed by atoms with van der Waals surface area (Å²) in [5.41, 5.74) is 5.66. The van der Waals surface area contributed by atoms with Gasteiger partial charge in [0, 0.05) is 24.1 Å². The van der Waals surface area contributed by atoms with Gasteiger partial charge in [0.25, 0.3) is 0 Å². The Bertz CT molecular complexity index is 261. The van der Waals surface area contributed by atoms with Crippen LogP contribution in [0, 0.1) is 6.92 Å². The predicted molar refractivity (Wildman–Crippen MR) is 60.6 cm³/mol. The van der Waals surface area contributed by atoms with E-state index in [0.29, 0.717) is 12.6 Å². The summed E-state index contributed by atoms with van der Waals surface area (Å²) in [5, 5.41) is 4.19. The number of unbranched alkanes of at least 4 members (excludes halogenated alkanes) is 1. The van der Waals surface area contributed by atoms with Crippen molar-refractivity contribution >= 4 is 16.7 Å². The Hall–Kier alpha value is -0.680. The van der Waals surface area contributed by atoms with Gasteiger partial charge < -0.3 is 11.1 Å². The van der Waals surface area contributed by atoms with Gasteiger partial charge in [-0.25, -0.2) is 4.98 Å². The lowest BCUT2D eigenvalue weighted by Gasteiger charge is -2.14. The Balaban J connectivity index is 2.40. The van der Waals surface area contributed by atoms with E-state index < -0.39 is 0 Å². The summed E-state index contributed by atoms with van der Waals surface area (Å²) < 4.78 is 4.11. The van der Waals surface area contributed by atoms with Crippen molar-refractivity contribution in [2.45, 2.75) is 39.2 Å². The molecule has 0 saturated heterocycles. The third kappa shape index (κ3) is 3.59. The smallest absolute Gasteiger partial charge is 0.202 e. The number of nitrogens with one attached hydrogen (secondary N) is 1. The summed E-state index contributed by atoms with van der Waals surface area (Å²) >= 11 is 1.40. The highest BCUT2D eigenvalue weighted by molar-refractivity contribution is 7.09. The standard InChI is InChI=1S/C9H18N4S/c1-3-4-5-8(6-10)12-9-11-7(2)13-14-9/h8H,3-6,10H2,1-2H3,(H,11,12,13). The van der Waals surface area contributed by atoms with Gasteiger partial charge in [-0.05, 0) is 13.3 Å². The van der Waals surface area contributed by atoms with E-state index in [9.17, 15) is 0 Å². The van der Waals surface area contributed by atoms with Crippen LogP contribution in [0.3, 0.4) is 0 Å². The van der Waals surface area contributed by atoms with Gasteiger partial charge in [0.2, 0.25) is 5.13 Å². The molecule has 3 N–H and O–H groups in total. The van der Waals surface area contributed by atoms with Gasteiger partial charge in [0.05, 0.1) is 0 Å². The molecule has 0 aliphatic rings. The SMILES string of the molecule is CCCCC(CN)Nc1nc(C)ns1. The molecule has 1 aromatic heterocycles. The Kier molecular flexibility index (Phi) is 4.82. The van der Waals surface area contributed by atoms with Crippen molar-refractivity contribution in [3.05, 3.63) is 5.82 Å². The van der Waals surface area contributed by atoms with E-state index in [1.54, 1.807) is 0 Å². The Morgan fingerprint density at radius 3 is 2.86 bits per heavy atom. The highest BCUT2D eigenvalue weighted by Gasteiger charge is 2.08. The third-order valence-corrected chi connectivity index (χ3v) is 2.78. The summed E-state index contributed by atoms with van der Waals surface area (Å²) in [6, 6.07) is 0.335. The Morgan fingerprint density at radius 2 is 2.36 bits per heavy atom. The number of nitrogens with zero attached hydrogens (tertiary/aromatic N) is 2. The van der Waals surface area contributed by atoms with E-state index in [0.717, 1.165) is 17.4 Å². The van der Waals surface area contributed by atoms with Crippen LogP contribution in [0.1, 0.15) is 32.0 Å². The first-order chi connectivity index (χ1) is 6.76. The maximum absolute atomic E-state index is 5.66. The molecule has 4 nitrogen and oxygen atoms in total. The molecular formula is C9H18N4S. The van der Waals surface area contributed by atoms with Gasteiger partial charge >= 0.3 is 0 Å². The molecule has 0 fully saturated rings. The van der Waals surface area contributed by atoms with Crippen molar-refractivity contribution in [3.8, 4) is 0 Å². The van der Waals surface area contributed by atoms with E-state index in [4.69, 9.17) is 5.73 Å². The minimum atomic E-state index is 0.335. The van der Waals surface area contributed by atoms with Crippen LogP contribution in [-0.2, 0) is 0 Å². The van der Waals surface area contributed by atoms with Crippen molar-refractivity contribution in [2.75, 3.05) is 11.9 Å². The molecule has 0 aromatic carbocycles. The highest BCUT2D eigenvalue weighted by Crippen LogP contribution is 2.13. The second-order valence-electron chi connectivity index (χ2n) is 3.37. The fourth-order valence-electron chi connectivity index (χ4n) is 1.23. The van der Waals surface area contributed by atoms with Crippen molar-refractivity contribution in [1.29, 1.82) is 0 Å². The lowest BCUT2D eigenvalue weighted by atomic mass is 10.1. The van der Waals surface area contributed by atoms with Crippen LogP contribution in [0.4, 0.5) is 5.13 Å². The van der Waals surface area contributed by atoms with Crippen LogP contribution in [0.15, 0.2) is 0 Å². The van der Waals surface area contributed by atoms with Gasteiger partial charge in [-0.15, -0.1) is 0 Å². The minimum absolute atomic E-state index is 0.335. The zero-order valence-electron chi connectivity index (χ0n) is 8.79. The fraction of sp³-hybridized carbons (Fsp3) is 0.778. The molecule has 0 spiro atoms. The zero-order valence-corrected chi connectivity index (χ0v) is 9.60. The normalized spacial score (nSPS) is 12.8. The van der Waals surface area contributed by atoms with Crippen molar-refractivity contribution in [3.63, 3.8) is 0 Å². The number of aryl methyl sites for hydroxylation is 1. The van der Waals surface area contributed by atoms with Gasteiger partial charge in [0.15, 0.2) is 0 Å². The molecule has 0 bridgehead atoms. The van der Waals surface area contributed by atoms with Crippen LogP contribution < -0.4 is 11.1 Å². The van der Waals surface area contributed by atoms with Gasteiger partial charge in [-0.2, -0.15) is 4.37 Å². The van der Waals surface area contributed by atoms with Crippen LogP contribution in [0.2, 0.25) is 0 Å². The second kappa shape index (κ2) is 5.93. The second-order valence-corrected chi connectivity index (χ2v) is 4.12. The molecule has 1 heterocycles. The summed E-state index contributed by atoms with van der Waals surface area (Å²) in [6.45, 7) is 4.73. The molecule has 1 rings (SSSR count). The van der Waals surface area contributed by atoms with Crippen molar-refractivity contribution in [1.82, 2.24) is 9.36 Å². The quantitative estimate of drug-likeness (QED) is 0.757. The van der Waals surface area contributed by atoms with Gasteiger partial charge in [-0.1, -0.05) is 19.8 Å². The average molecular weight is 214 g/mol. The van der Waals surface area contributed by atoms with E-state index in [1.165, 1.54) is 24.4 Å². The van der Waals surface area contributed by atoms with E-state index in [2.05, 4.69) is 21.6 Å². The summed E-state index contributed by atoms with van der Waals surface area (Å²) in [6.07, 6.45) is 3.51. The molecule has 1 unspecified atom stereocenters. The molecule has 0 aliphatic heterocycles. The molecule has 1 atom stereocenters. The molecule has 0 amide bonds. The van der Waals surface area contributed by atoms with E-state index in [-0.39, 0.29) is 0 Å². The monoisotopic (exact) mass is 214 g/mol. The molecule has 5 heteroatoms. The van der Waals surface area contributed by atoms with Crippen LogP contribution in [-0.4, -0.2) is 21.9 Å². The first-order valence-electron chi connectivity index (χ1n) is 5.03. The molecule has 0 aliphatic carbocycles. The summed E-state index contributed by atoms with van der Waals surface area (Å²) in [5.74, 6) is 0.823. The van der Waals surface area contributed by atoms with E-state index >= 15 is 0 Å². The number of nitrogens with two attached hydrogens (primary N) is 1. The number of aromatic nitrogens is 2. The summed E-state index contributed by atoms with van der Waals surface area (Å²) in [7, 11) is 0. The van der Waals surface area contributed by atoms with Crippen LogP contribution in [0.5, 0.6) is 0 Å². The molecule has 0 radical (unpaired) electrons. The lowest BCUT2D eigenvalue weighted by molar-refractivity contribution is 0.614. The average Bonchev–Trinajstić information content (AvgIpc) is 2.58. The Labute approximate surface area is 89.1 Å². The number of hydrogen-bond acceptors (Lipinski definition) is 5. The molecule has 1 aromatic rings. The molecule has 80 valence electrons. The van der Waals surface area contributed by atoms with Gasteiger partial charge in [-0.3, -0.25) is 0 Å². The zero-order chi connectivity index (χ0) is 10.4. The topological polar surface area (TPSA) is 63.8 Å². The van der Waals surface area contributed by atoms with Crippen molar-refractivity contribution in [2.24, 2.45) is 5.73 Å². The van der Waals surface area contributed by atoms with Crippen LogP contribution >= 0.6 is 11.5 Å². The molecule has 0 saturated carbocycles. The largest absolute Gasteiger partial charge is 0.356 e. The van der Waals surface area contributed by atoms with E-state index in [1.807, 2.05) is 6.92 Å².